The number of nitrogens with two attached hydrogens (primary N) is 1. The van der Waals surface area contributed by atoms with Crippen molar-refractivity contribution in [2.75, 3.05) is 16.4 Å². The second-order valence-corrected chi connectivity index (χ2v) is 6.03. The van der Waals surface area contributed by atoms with Gasteiger partial charge in [0, 0.05) is 21.4 Å². The van der Waals surface area contributed by atoms with Crippen molar-refractivity contribution in [1.82, 2.24) is 0 Å². The van der Waals surface area contributed by atoms with Gasteiger partial charge >= 0.3 is 0 Å². The molecule has 0 atom stereocenters. The summed E-state index contributed by atoms with van der Waals surface area (Å²) >= 11 is 2.27. The number of amides is 1. The number of hydrogen-bond acceptors (Lipinski definition) is 3. The molecule has 0 aromatic heterocycles. The maximum atomic E-state index is 11.4. The SMILES string of the molecule is Nc1cc2c(cc1Nc1cccc(I)c1)CCC(=O)N2. The zero-order chi connectivity index (χ0) is 14.1. The van der Waals surface area contributed by atoms with Crippen LogP contribution < -0.4 is 16.4 Å². The molecule has 3 rings (SSSR count). The van der Waals surface area contributed by atoms with Gasteiger partial charge in [-0.1, -0.05) is 6.07 Å². The summed E-state index contributed by atoms with van der Waals surface area (Å²) in [5.74, 6) is 0.0511. The number of hydrogen-bond donors (Lipinski definition) is 3. The van der Waals surface area contributed by atoms with Gasteiger partial charge in [0.05, 0.1) is 11.4 Å². The molecular formula is C15H14IN3O. The summed E-state index contributed by atoms with van der Waals surface area (Å²) in [6.07, 6.45) is 1.28. The van der Waals surface area contributed by atoms with Crippen molar-refractivity contribution >= 4 is 51.2 Å². The lowest BCUT2D eigenvalue weighted by molar-refractivity contribution is -0.116. The second kappa shape index (κ2) is 5.32. The number of halogens is 1. The fourth-order valence-corrected chi connectivity index (χ4v) is 2.82. The topological polar surface area (TPSA) is 67.1 Å². The summed E-state index contributed by atoms with van der Waals surface area (Å²) in [7, 11) is 0. The first kappa shape index (κ1) is 13.2. The highest BCUT2D eigenvalue weighted by molar-refractivity contribution is 14.1. The van der Waals surface area contributed by atoms with Crippen LogP contribution in [0.15, 0.2) is 36.4 Å². The zero-order valence-corrected chi connectivity index (χ0v) is 12.9. The minimum atomic E-state index is 0.0511. The Labute approximate surface area is 130 Å². The third-order valence-electron chi connectivity index (χ3n) is 3.27. The maximum Gasteiger partial charge on any atom is 0.224 e. The molecule has 0 saturated heterocycles. The molecular weight excluding hydrogens is 365 g/mol. The van der Waals surface area contributed by atoms with E-state index in [1.807, 2.05) is 30.3 Å². The minimum absolute atomic E-state index is 0.0511. The van der Waals surface area contributed by atoms with Crippen LogP contribution in [0.2, 0.25) is 0 Å². The van der Waals surface area contributed by atoms with Crippen molar-refractivity contribution in [3.8, 4) is 0 Å². The highest BCUT2D eigenvalue weighted by Gasteiger charge is 2.16. The summed E-state index contributed by atoms with van der Waals surface area (Å²) in [6.45, 7) is 0. The summed E-state index contributed by atoms with van der Waals surface area (Å²) in [5.41, 5.74) is 10.5. The normalized spacial score (nSPS) is 13.6. The third kappa shape index (κ3) is 2.72. The fourth-order valence-electron chi connectivity index (χ4n) is 2.28. The summed E-state index contributed by atoms with van der Waals surface area (Å²) in [5, 5.41) is 6.18. The monoisotopic (exact) mass is 379 g/mol. The highest BCUT2D eigenvalue weighted by atomic mass is 127. The van der Waals surface area contributed by atoms with Crippen molar-refractivity contribution in [1.29, 1.82) is 0 Å². The Hall–Kier alpha value is -1.76. The van der Waals surface area contributed by atoms with Crippen molar-refractivity contribution < 1.29 is 4.79 Å². The van der Waals surface area contributed by atoms with E-state index in [2.05, 4.69) is 39.3 Å². The van der Waals surface area contributed by atoms with Gasteiger partial charge in [0.2, 0.25) is 5.91 Å². The molecule has 20 heavy (non-hydrogen) atoms. The summed E-state index contributed by atoms with van der Waals surface area (Å²) < 4.78 is 1.16. The van der Waals surface area contributed by atoms with Gasteiger partial charge in [-0.15, -0.1) is 0 Å². The molecule has 0 radical (unpaired) electrons. The second-order valence-electron chi connectivity index (χ2n) is 4.78. The number of carbonyl (C=O) groups excluding carboxylic acids is 1. The molecule has 0 spiro atoms. The first-order chi connectivity index (χ1) is 9.61. The van der Waals surface area contributed by atoms with Crippen LogP contribution in [-0.4, -0.2) is 5.91 Å². The highest BCUT2D eigenvalue weighted by Crippen LogP contribution is 2.32. The van der Waals surface area contributed by atoms with Gasteiger partial charge in [-0.3, -0.25) is 4.79 Å². The summed E-state index contributed by atoms with van der Waals surface area (Å²) in [4.78, 5) is 11.4. The van der Waals surface area contributed by atoms with Gasteiger partial charge in [-0.05, 0) is 64.9 Å². The zero-order valence-electron chi connectivity index (χ0n) is 10.7. The van der Waals surface area contributed by atoms with Crippen LogP contribution in [0, 0.1) is 3.57 Å². The largest absolute Gasteiger partial charge is 0.397 e. The number of aryl methyl sites for hydroxylation is 1. The number of benzene rings is 2. The quantitative estimate of drug-likeness (QED) is 0.553. The first-order valence-electron chi connectivity index (χ1n) is 6.36. The Morgan fingerprint density at radius 1 is 1.20 bits per heavy atom. The smallest absolute Gasteiger partial charge is 0.224 e. The molecule has 0 saturated carbocycles. The Kier molecular flexibility index (Phi) is 3.52. The van der Waals surface area contributed by atoms with Crippen LogP contribution in [0.25, 0.3) is 0 Å². The van der Waals surface area contributed by atoms with Crippen LogP contribution in [0.5, 0.6) is 0 Å². The van der Waals surface area contributed by atoms with Gasteiger partial charge in [0.15, 0.2) is 0 Å². The molecule has 5 heteroatoms. The molecule has 0 fully saturated rings. The number of rotatable bonds is 2. The Morgan fingerprint density at radius 2 is 2.05 bits per heavy atom. The van der Waals surface area contributed by atoms with E-state index >= 15 is 0 Å². The molecule has 0 bridgehead atoms. The van der Waals surface area contributed by atoms with Gasteiger partial charge in [-0.25, -0.2) is 0 Å². The van der Waals surface area contributed by atoms with Crippen LogP contribution in [0.1, 0.15) is 12.0 Å². The Balaban J connectivity index is 1.92. The standard InChI is InChI=1S/C15H14IN3O/c16-10-2-1-3-11(7-10)18-14-6-9-4-5-15(20)19-13(9)8-12(14)17/h1-3,6-8,18H,4-5,17H2,(H,19,20). The lowest BCUT2D eigenvalue weighted by atomic mass is 10.0. The Morgan fingerprint density at radius 3 is 2.85 bits per heavy atom. The average Bonchev–Trinajstić information content (AvgIpc) is 2.40. The number of carbonyl (C=O) groups is 1. The van der Waals surface area contributed by atoms with Crippen molar-refractivity contribution in [3.63, 3.8) is 0 Å². The van der Waals surface area contributed by atoms with Crippen LogP contribution >= 0.6 is 22.6 Å². The Bertz CT molecular complexity index is 685. The third-order valence-corrected chi connectivity index (χ3v) is 3.95. The van der Waals surface area contributed by atoms with E-state index in [1.165, 1.54) is 0 Å². The van der Waals surface area contributed by atoms with Crippen LogP contribution in [0.4, 0.5) is 22.7 Å². The van der Waals surface area contributed by atoms with Gasteiger partial charge in [0.25, 0.3) is 0 Å². The number of fused-ring (bicyclic) bond motifs is 1. The molecule has 102 valence electrons. The molecule has 2 aromatic rings. The lowest BCUT2D eigenvalue weighted by Crippen LogP contribution is -2.19. The maximum absolute atomic E-state index is 11.4. The van der Waals surface area contributed by atoms with E-state index < -0.39 is 0 Å². The minimum Gasteiger partial charge on any atom is -0.397 e. The molecule has 1 amide bonds. The van der Waals surface area contributed by atoms with E-state index in [4.69, 9.17) is 5.73 Å². The molecule has 0 unspecified atom stereocenters. The molecule has 1 aliphatic rings. The number of anilines is 4. The van der Waals surface area contributed by atoms with Crippen LogP contribution in [-0.2, 0) is 11.2 Å². The average molecular weight is 379 g/mol. The molecule has 1 aliphatic heterocycles. The molecule has 4 N–H and O–H groups in total. The lowest BCUT2D eigenvalue weighted by Gasteiger charge is -2.20. The van der Waals surface area contributed by atoms with Crippen LogP contribution in [0.3, 0.4) is 0 Å². The molecule has 0 aliphatic carbocycles. The van der Waals surface area contributed by atoms with Gasteiger partial charge < -0.3 is 16.4 Å². The fraction of sp³-hybridized carbons (Fsp3) is 0.133. The van der Waals surface area contributed by atoms with E-state index in [1.54, 1.807) is 0 Å². The van der Waals surface area contributed by atoms with Gasteiger partial charge in [0.1, 0.15) is 0 Å². The summed E-state index contributed by atoms with van der Waals surface area (Å²) in [6, 6.07) is 11.9. The van der Waals surface area contributed by atoms with Crippen molar-refractivity contribution in [2.45, 2.75) is 12.8 Å². The van der Waals surface area contributed by atoms with Crippen molar-refractivity contribution in [3.05, 3.63) is 45.5 Å². The predicted molar refractivity (Wildman–Crippen MR) is 90.2 cm³/mol. The van der Waals surface area contributed by atoms with E-state index in [0.29, 0.717) is 12.1 Å². The van der Waals surface area contributed by atoms with E-state index in [-0.39, 0.29) is 5.91 Å². The van der Waals surface area contributed by atoms with E-state index in [0.717, 1.165) is 32.6 Å². The van der Waals surface area contributed by atoms with Crippen molar-refractivity contribution in [2.24, 2.45) is 0 Å². The molecule has 4 nitrogen and oxygen atoms in total. The molecule has 1 heterocycles. The van der Waals surface area contributed by atoms with Gasteiger partial charge in [-0.2, -0.15) is 0 Å². The first-order valence-corrected chi connectivity index (χ1v) is 7.44. The number of nitrogen functional groups attached to an aromatic ring is 1. The number of nitrogens with one attached hydrogen (secondary N) is 2. The predicted octanol–water partition coefficient (Wildman–Crippen LogP) is 3.50. The van der Waals surface area contributed by atoms with E-state index in [9.17, 15) is 4.79 Å². The molecule has 2 aromatic carbocycles.